The summed E-state index contributed by atoms with van der Waals surface area (Å²) in [6.45, 7) is 2.53. The molecule has 0 atom stereocenters. The summed E-state index contributed by atoms with van der Waals surface area (Å²) in [7, 11) is 0. The van der Waals surface area contributed by atoms with E-state index in [-0.39, 0.29) is 5.91 Å². The number of carbonyl (C=O) groups is 1. The van der Waals surface area contributed by atoms with Crippen LogP contribution in [0, 0.1) is 0 Å². The van der Waals surface area contributed by atoms with Gasteiger partial charge in [0.15, 0.2) is 0 Å². The molecule has 88 valence electrons. The third-order valence-electron chi connectivity index (χ3n) is 1.92. The number of hydrogen-bond acceptors (Lipinski definition) is 4. The van der Waals surface area contributed by atoms with Gasteiger partial charge in [-0.15, -0.1) is 0 Å². The number of amides is 1. The molecular weight excluding hydrogens is 206 g/mol. The largest absolute Gasteiger partial charge is 0.491 e. The van der Waals surface area contributed by atoms with Gasteiger partial charge in [0.05, 0.1) is 12.3 Å². The quantitative estimate of drug-likeness (QED) is 0.512. The number of nitrogens with two attached hydrogens (primary N) is 2. The Kier molecular flexibility index (Phi) is 4.60. The average molecular weight is 223 g/mol. The van der Waals surface area contributed by atoms with E-state index in [2.05, 4.69) is 5.32 Å². The monoisotopic (exact) mass is 223 g/mol. The van der Waals surface area contributed by atoms with E-state index in [1.165, 1.54) is 6.92 Å². The van der Waals surface area contributed by atoms with E-state index in [9.17, 15) is 4.79 Å². The number of anilines is 2. The van der Waals surface area contributed by atoms with Crippen LogP contribution in [0.3, 0.4) is 0 Å². The van der Waals surface area contributed by atoms with Crippen molar-refractivity contribution in [3.05, 3.63) is 18.2 Å². The van der Waals surface area contributed by atoms with E-state index in [0.29, 0.717) is 30.3 Å². The minimum absolute atomic E-state index is 0.158. The highest BCUT2D eigenvalue weighted by Gasteiger charge is 2.05. The highest BCUT2D eigenvalue weighted by Crippen LogP contribution is 2.26. The smallest absolute Gasteiger partial charge is 0.221 e. The van der Waals surface area contributed by atoms with Crippen LogP contribution in [-0.4, -0.2) is 19.1 Å². The lowest BCUT2D eigenvalue weighted by Gasteiger charge is -2.12. The number of nitrogen functional groups attached to an aromatic ring is 1. The molecule has 0 aliphatic carbocycles. The lowest BCUT2D eigenvalue weighted by atomic mass is 10.2. The summed E-state index contributed by atoms with van der Waals surface area (Å²) in [5.74, 6) is 0.451. The molecule has 0 heterocycles. The Morgan fingerprint density at radius 2 is 2.25 bits per heavy atom. The first-order valence-electron chi connectivity index (χ1n) is 5.13. The second-order valence-electron chi connectivity index (χ2n) is 3.43. The first-order valence-corrected chi connectivity index (χ1v) is 5.13. The first kappa shape index (κ1) is 12.3. The predicted octanol–water partition coefficient (Wildman–Crippen LogP) is 0.955. The van der Waals surface area contributed by atoms with E-state index >= 15 is 0 Å². The Balaban J connectivity index is 2.76. The Bertz CT molecular complexity index is 366. The van der Waals surface area contributed by atoms with Crippen molar-refractivity contribution in [1.82, 2.24) is 0 Å². The molecule has 0 unspecified atom stereocenters. The van der Waals surface area contributed by atoms with Crippen LogP contribution in [0.15, 0.2) is 18.2 Å². The maximum absolute atomic E-state index is 11.0. The lowest BCUT2D eigenvalue weighted by molar-refractivity contribution is -0.114. The highest BCUT2D eigenvalue weighted by molar-refractivity contribution is 5.91. The van der Waals surface area contributed by atoms with Gasteiger partial charge in [0.2, 0.25) is 5.91 Å². The van der Waals surface area contributed by atoms with Gasteiger partial charge in [0.1, 0.15) is 5.75 Å². The predicted molar refractivity (Wildman–Crippen MR) is 64.3 cm³/mol. The zero-order valence-corrected chi connectivity index (χ0v) is 9.32. The summed E-state index contributed by atoms with van der Waals surface area (Å²) in [5.41, 5.74) is 12.2. The zero-order chi connectivity index (χ0) is 12.0. The Hall–Kier alpha value is -1.75. The molecule has 0 spiro atoms. The van der Waals surface area contributed by atoms with Crippen molar-refractivity contribution in [1.29, 1.82) is 0 Å². The number of benzene rings is 1. The van der Waals surface area contributed by atoms with Gasteiger partial charge in [-0.25, -0.2) is 0 Å². The van der Waals surface area contributed by atoms with Crippen LogP contribution in [0.25, 0.3) is 0 Å². The second kappa shape index (κ2) is 5.97. The Labute approximate surface area is 94.8 Å². The molecule has 5 N–H and O–H groups in total. The van der Waals surface area contributed by atoms with Crippen LogP contribution in [0.4, 0.5) is 11.4 Å². The van der Waals surface area contributed by atoms with Gasteiger partial charge < -0.3 is 21.5 Å². The summed E-state index contributed by atoms with van der Waals surface area (Å²) in [6, 6.07) is 5.12. The zero-order valence-electron chi connectivity index (χ0n) is 9.32. The standard InChI is InChI=1S/C11H17N3O2/c1-8(15)14-10-7-9(13)3-4-11(10)16-6-2-5-12/h3-4,7H,2,5-6,12-13H2,1H3,(H,14,15). The third-order valence-corrected chi connectivity index (χ3v) is 1.92. The molecule has 0 aromatic heterocycles. The van der Waals surface area contributed by atoms with E-state index in [4.69, 9.17) is 16.2 Å². The number of carbonyl (C=O) groups excluding carboxylic acids is 1. The summed E-state index contributed by atoms with van der Waals surface area (Å²) >= 11 is 0. The summed E-state index contributed by atoms with van der Waals surface area (Å²) < 4.78 is 5.48. The lowest BCUT2D eigenvalue weighted by Crippen LogP contribution is -2.10. The molecule has 0 saturated heterocycles. The maximum atomic E-state index is 11.0. The number of nitrogens with one attached hydrogen (secondary N) is 1. The topological polar surface area (TPSA) is 90.4 Å². The molecule has 0 fully saturated rings. The highest BCUT2D eigenvalue weighted by atomic mass is 16.5. The molecule has 16 heavy (non-hydrogen) atoms. The van der Waals surface area contributed by atoms with Crippen molar-refractivity contribution in [3.8, 4) is 5.75 Å². The SMILES string of the molecule is CC(=O)Nc1cc(N)ccc1OCCCN. The fourth-order valence-electron chi connectivity index (χ4n) is 1.23. The molecule has 1 aromatic rings. The fraction of sp³-hybridized carbons (Fsp3) is 0.364. The van der Waals surface area contributed by atoms with Gasteiger partial charge in [0.25, 0.3) is 0 Å². The van der Waals surface area contributed by atoms with E-state index < -0.39 is 0 Å². The third kappa shape index (κ3) is 3.78. The van der Waals surface area contributed by atoms with Gasteiger partial charge in [0, 0.05) is 12.6 Å². The molecular formula is C11H17N3O2. The number of hydrogen-bond donors (Lipinski definition) is 3. The molecule has 0 radical (unpaired) electrons. The molecule has 0 bridgehead atoms. The average Bonchev–Trinajstić information content (AvgIpc) is 2.20. The van der Waals surface area contributed by atoms with Gasteiger partial charge in [-0.1, -0.05) is 0 Å². The van der Waals surface area contributed by atoms with Crippen LogP contribution in [0.1, 0.15) is 13.3 Å². The van der Waals surface area contributed by atoms with Crippen molar-refractivity contribution in [2.75, 3.05) is 24.2 Å². The summed E-state index contributed by atoms with van der Waals surface area (Å²) in [4.78, 5) is 11.0. The minimum atomic E-state index is -0.158. The van der Waals surface area contributed by atoms with Crippen LogP contribution < -0.4 is 21.5 Å². The molecule has 5 nitrogen and oxygen atoms in total. The van der Waals surface area contributed by atoms with Crippen LogP contribution >= 0.6 is 0 Å². The molecule has 0 saturated carbocycles. The van der Waals surface area contributed by atoms with Crippen molar-refractivity contribution in [2.45, 2.75) is 13.3 Å². The molecule has 1 aromatic carbocycles. The first-order chi connectivity index (χ1) is 7.63. The minimum Gasteiger partial charge on any atom is -0.491 e. The van der Waals surface area contributed by atoms with Crippen molar-refractivity contribution < 1.29 is 9.53 Å². The van der Waals surface area contributed by atoms with Crippen molar-refractivity contribution >= 4 is 17.3 Å². The Morgan fingerprint density at radius 1 is 1.50 bits per heavy atom. The van der Waals surface area contributed by atoms with Crippen LogP contribution in [0.2, 0.25) is 0 Å². The van der Waals surface area contributed by atoms with Gasteiger partial charge in [-0.2, -0.15) is 0 Å². The van der Waals surface area contributed by atoms with Gasteiger partial charge >= 0.3 is 0 Å². The van der Waals surface area contributed by atoms with Gasteiger partial charge in [-0.05, 0) is 31.2 Å². The normalized spacial score (nSPS) is 9.88. The number of ether oxygens (including phenoxy) is 1. The summed E-state index contributed by atoms with van der Waals surface area (Å²) in [5, 5.41) is 2.67. The molecule has 0 aliphatic rings. The van der Waals surface area contributed by atoms with Crippen molar-refractivity contribution in [3.63, 3.8) is 0 Å². The molecule has 1 amide bonds. The molecule has 1 rings (SSSR count). The van der Waals surface area contributed by atoms with Crippen LogP contribution in [0.5, 0.6) is 5.75 Å². The van der Waals surface area contributed by atoms with Crippen LogP contribution in [-0.2, 0) is 4.79 Å². The van der Waals surface area contributed by atoms with Gasteiger partial charge in [-0.3, -0.25) is 4.79 Å². The van der Waals surface area contributed by atoms with E-state index in [1.54, 1.807) is 18.2 Å². The van der Waals surface area contributed by atoms with E-state index in [1.807, 2.05) is 0 Å². The Morgan fingerprint density at radius 3 is 2.88 bits per heavy atom. The maximum Gasteiger partial charge on any atom is 0.221 e. The number of rotatable bonds is 5. The van der Waals surface area contributed by atoms with Crippen molar-refractivity contribution in [2.24, 2.45) is 5.73 Å². The fourth-order valence-corrected chi connectivity index (χ4v) is 1.23. The second-order valence-corrected chi connectivity index (χ2v) is 3.43. The summed E-state index contributed by atoms with van der Waals surface area (Å²) in [6.07, 6.45) is 0.768. The molecule has 0 aliphatic heterocycles. The van der Waals surface area contributed by atoms with E-state index in [0.717, 1.165) is 6.42 Å². The molecule has 5 heteroatoms.